The Kier molecular flexibility index (Phi) is 9.98. The predicted molar refractivity (Wildman–Crippen MR) is 133 cm³/mol. The summed E-state index contributed by atoms with van der Waals surface area (Å²) in [5, 5.41) is 8.58. The zero-order chi connectivity index (χ0) is 25.5. The number of ether oxygens (including phenoxy) is 4. The van der Waals surface area contributed by atoms with Gasteiger partial charge in [0.1, 0.15) is 23.4 Å². The van der Waals surface area contributed by atoms with E-state index in [0.29, 0.717) is 26.2 Å². The summed E-state index contributed by atoms with van der Waals surface area (Å²) in [5.74, 6) is 0.0387. The van der Waals surface area contributed by atoms with Crippen molar-refractivity contribution in [3.63, 3.8) is 0 Å². The van der Waals surface area contributed by atoms with Crippen molar-refractivity contribution in [1.82, 2.24) is 16.0 Å². The fraction of sp³-hybridized carbons (Fsp3) is 0.846. The van der Waals surface area contributed by atoms with E-state index in [1.54, 1.807) is 14.2 Å². The van der Waals surface area contributed by atoms with Crippen LogP contribution < -0.4 is 16.0 Å². The van der Waals surface area contributed by atoms with E-state index in [-0.39, 0.29) is 41.3 Å². The summed E-state index contributed by atoms with van der Waals surface area (Å²) in [7, 11) is 3.44. The zero-order valence-electron chi connectivity index (χ0n) is 22.1. The average molecular weight is 496 g/mol. The van der Waals surface area contributed by atoms with Gasteiger partial charge in [-0.3, -0.25) is 4.79 Å². The van der Waals surface area contributed by atoms with Crippen LogP contribution in [0.2, 0.25) is 0 Å². The van der Waals surface area contributed by atoms with Gasteiger partial charge in [-0.25, -0.2) is 4.79 Å². The maximum Gasteiger partial charge on any atom is 0.407 e. The van der Waals surface area contributed by atoms with Crippen LogP contribution in [-0.4, -0.2) is 81.9 Å². The van der Waals surface area contributed by atoms with Crippen molar-refractivity contribution in [3.05, 3.63) is 11.6 Å². The lowest BCUT2D eigenvalue weighted by molar-refractivity contribution is -0.120. The van der Waals surface area contributed by atoms with Crippen LogP contribution in [0.1, 0.15) is 65.7 Å². The Hall–Kier alpha value is -1.68. The molecule has 0 bridgehead atoms. The van der Waals surface area contributed by atoms with Gasteiger partial charge in [0, 0.05) is 20.2 Å². The number of carbonyl (C=O) groups is 2. The number of alkyl carbamates (subject to hydrolysis) is 1. The Morgan fingerprint density at radius 1 is 1.11 bits per heavy atom. The van der Waals surface area contributed by atoms with Crippen LogP contribution in [0.15, 0.2) is 11.6 Å². The summed E-state index contributed by atoms with van der Waals surface area (Å²) >= 11 is 0. The Labute approximate surface area is 210 Å². The van der Waals surface area contributed by atoms with E-state index < -0.39 is 6.09 Å². The van der Waals surface area contributed by atoms with Crippen LogP contribution in [-0.2, 0) is 23.7 Å². The Morgan fingerprint density at radius 2 is 1.80 bits per heavy atom. The number of epoxide rings is 2. The van der Waals surface area contributed by atoms with Gasteiger partial charge in [0.2, 0.25) is 5.91 Å². The fourth-order valence-electron chi connectivity index (χ4n) is 5.49. The molecular weight excluding hydrogens is 450 g/mol. The number of unbranched alkanes of at least 4 members (excludes halogenated alkanes) is 3. The van der Waals surface area contributed by atoms with E-state index in [9.17, 15) is 9.59 Å². The molecule has 0 radical (unpaired) electrons. The van der Waals surface area contributed by atoms with Gasteiger partial charge in [0.05, 0.1) is 25.2 Å². The number of hydrogen-bond donors (Lipinski definition) is 3. The topological polar surface area (TPSA) is 114 Å². The predicted octanol–water partition coefficient (Wildman–Crippen LogP) is 2.69. The van der Waals surface area contributed by atoms with Gasteiger partial charge in [-0.15, -0.1) is 0 Å². The quantitative estimate of drug-likeness (QED) is 0.193. The number of nitrogens with one attached hydrogen (secondary N) is 3. The second-order valence-corrected chi connectivity index (χ2v) is 10.5. The molecule has 9 nitrogen and oxygen atoms in total. The van der Waals surface area contributed by atoms with Crippen molar-refractivity contribution < 1.29 is 28.5 Å². The highest BCUT2D eigenvalue weighted by Gasteiger charge is 2.72. The molecule has 0 aromatic heterocycles. The van der Waals surface area contributed by atoms with Crippen molar-refractivity contribution in [2.24, 2.45) is 5.92 Å². The highest BCUT2D eigenvalue weighted by atomic mass is 16.6. The second-order valence-electron chi connectivity index (χ2n) is 10.5. The number of rotatable bonds is 14. The third-order valence-electron chi connectivity index (χ3n) is 7.53. The third kappa shape index (κ3) is 7.41. The number of likely N-dealkylation sites (N-methyl/N-ethyl adjacent to an activating group) is 1. The molecule has 3 fully saturated rings. The molecule has 9 heteroatoms. The lowest BCUT2D eigenvalue weighted by Crippen LogP contribution is -2.56. The number of hydrogen-bond acceptors (Lipinski definition) is 7. The molecule has 0 aromatic rings. The van der Waals surface area contributed by atoms with Crippen LogP contribution in [0.25, 0.3) is 0 Å². The highest BCUT2D eigenvalue weighted by molar-refractivity contribution is 5.77. The van der Waals surface area contributed by atoms with E-state index in [4.69, 9.17) is 18.9 Å². The summed E-state index contributed by atoms with van der Waals surface area (Å²) in [6.45, 7) is 8.64. The maximum absolute atomic E-state index is 12.5. The highest BCUT2D eigenvalue weighted by Crippen LogP contribution is 2.59. The Morgan fingerprint density at radius 3 is 2.40 bits per heavy atom. The minimum Gasteiger partial charge on any atom is -0.443 e. The molecule has 2 saturated heterocycles. The number of amides is 2. The summed E-state index contributed by atoms with van der Waals surface area (Å²) in [6, 6.07) is 0. The van der Waals surface area contributed by atoms with Gasteiger partial charge >= 0.3 is 6.09 Å². The molecule has 1 spiro atoms. The molecule has 6 atom stereocenters. The number of carbonyl (C=O) groups excluding carboxylic acids is 2. The van der Waals surface area contributed by atoms with E-state index in [1.807, 2.05) is 0 Å². The molecule has 200 valence electrons. The fourth-order valence-corrected chi connectivity index (χ4v) is 5.49. The van der Waals surface area contributed by atoms with Crippen molar-refractivity contribution >= 4 is 12.0 Å². The summed E-state index contributed by atoms with van der Waals surface area (Å²) in [5.41, 5.74) is 0.716. The first-order valence-corrected chi connectivity index (χ1v) is 13.1. The first-order valence-electron chi connectivity index (χ1n) is 13.1. The minimum absolute atomic E-state index is 0.0149. The molecule has 3 rings (SSSR count). The summed E-state index contributed by atoms with van der Waals surface area (Å²) in [4.78, 5) is 23.9. The number of allylic oxidation sites excluding steroid dienone is 1. The van der Waals surface area contributed by atoms with Crippen molar-refractivity contribution in [2.45, 2.75) is 95.2 Å². The Balaban J connectivity index is 1.40. The average Bonchev–Trinajstić information content (AvgIpc) is 3.72. The molecule has 1 aliphatic carbocycles. The van der Waals surface area contributed by atoms with Crippen molar-refractivity contribution in [3.8, 4) is 0 Å². The molecule has 4 unspecified atom stereocenters. The monoisotopic (exact) mass is 495 g/mol. The summed E-state index contributed by atoms with van der Waals surface area (Å²) < 4.78 is 24.0. The van der Waals surface area contributed by atoms with E-state index >= 15 is 0 Å². The maximum atomic E-state index is 12.5. The first-order chi connectivity index (χ1) is 16.8. The van der Waals surface area contributed by atoms with Crippen molar-refractivity contribution in [1.29, 1.82) is 0 Å². The van der Waals surface area contributed by atoms with Gasteiger partial charge < -0.3 is 34.9 Å². The Bertz CT molecular complexity index is 751. The largest absolute Gasteiger partial charge is 0.443 e. The minimum atomic E-state index is -0.397. The molecule has 3 aliphatic rings. The van der Waals surface area contributed by atoms with Gasteiger partial charge in [0.15, 0.2) is 0 Å². The molecule has 0 aromatic carbocycles. The lowest BCUT2D eigenvalue weighted by atomic mass is 9.68. The molecule has 35 heavy (non-hydrogen) atoms. The molecule has 2 heterocycles. The standard InChI is InChI=1S/C26H45N3O6/c1-18(2)10-11-20-25(3,35-20)23-22(32-5)19(12-13-26(23)17-33-26)34-24(31)29-15-9-7-6-8-14-28-21(30)16-27-4/h10,19-20,22-23,27H,6-9,11-17H2,1-5H3,(H,28,30)(H,29,31)/t19?,20-,22?,23?,25?,26+/m1/s1. The van der Waals surface area contributed by atoms with E-state index in [0.717, 1.165) is 44.9 Å². The van der Waals surface area contributed by atoms with Gasteiger partial charge in [-0.2, -0.15) is 0 Å². The molecular formula is C26H45N3O6. The first kappa shape index (κ1) is 27.9. The SMILES string of the molecule is CNCC(=O)NCCCCCCNC(=O)OC1CC[C@]2(CO2)C(C2(C)O[C@@H]2CC=C(C)C)C1OC. The zero-order valence-corrected chi connectivity index (χ0v) is 22.1. The van der Waals surface area contributed by atoms with Gasteiger partial charge in [0.25, 0.3) is 0 Å². The lowest BCUT2D eigenvalue weighted by Gasteiger charge is -2.42. The smallest absolute Gasteiger partial charge is 0.407 e. The van der Waals surface area contributed by atoms with Crippen LogP contribution in [0.3, 0.4) is 0 Å². The summed E-state index contributed by atoms with van der Waals surface area (Å²) in [6.07, 6.45) is 7.56. The second kappa shape index (κ2) is 12.5. The van der Waals surface area contributed by atoms with Crippen molar-refractivity contribution in [2.75, 3.05) is 40.4 Å². The van der Waals surface area contributed by atoms with Crippen LogP contribution in [0.4, 0.5) is 4.79 Å². The molecule has 3 N–H and O–H groups in total. The van der Waals surface area contributed by atoms with Crippen LogP contribution in [0, 0.1) is 5.92 Å². The molecule has 1 saturated carbocycles. The molecule has 2 aliphatic heterocycles. The number of methoxy groups -OCH3 is 1. The van der Waals surface area contributed by atoms with Gasteiger partial charge in [-0.1, -0.05) is 24.5 Å². The third-order valence-corrected chi connectivity index (χ3v) is 7.53. The van der Waals surface area contributed by atoms with Gasteiger partial charge in [-0.05, 0) is 59.9 Å². The normalized spacial score (nSPS) is 33.2. The van der Waals surface area contributed by atoms with Crippen LogP contribution >= 0.6 is 0 Å². The molecule has 2 amide bonds. The van der Waals surface area contributed by atoms with Crippen LogP contribution in [0.5, 0.6) is 0 Å². The van der Waals surface area contributed by atoms with E-state index in [1.165, 1.54) is 5.57 Å². The van der Waals surface area contributed by atoms with E-state index in [2.05, 4.69) is 42.8 Å².